The number of aryl methyl sites for hydroxylation is 1. The lowest BCUT2D eigenvalue weighted by molar-refractivity contribution is 0.0944. The zero-order valence-corrected chi connectivity index (χ0v) is 18.6. The predicted molar refractivity (Wildman–Crippen MR) is 126 cm³/mol. The van der Waals surface area contributed by atoms with Crippen molar-refractivity contribution in [1.29, 1.82) is 0 Å². The van der Waals surface area contributed by atoms with Gasteiger partial charge in [0.05, 0.1) is 17.9 Å². The highest BCUT2D eigenvalue weighted by Crippen LogP contribution is 2.36. The summed E-state index contributed by atoms with van der Waals surface area (Å²) in [7, 11) is 0. The molecule has 2 N–H and O–H groups in total. The normalized spacial score (nSPS) is 14.4. The van der Waals surface area contributed by atoms with E-state index in [1.807, 2.05) is 49.1 Å². The molecule has 0 fully saturated rings. The third-order valence-electron chi connectivity index (χ3n) is 6.06. The number of amides is 2. The fourth-order valence-corrected chi connectivity index (χ4v) is 4.35. The fourth-order valence-electron chi connectivity index (χ4n) is 4.35. The number of fused-ring (bicyclic) bond motifs is 3. The van der Waals surface area contributed by atoms with Crippen LogP contribution in [0.3, 0.4) is 0 Å². The number of nitrogens with one attached hydrogen (secondary N) is 2. The maximum Gasteiger partial charge on any atom is 0.259 e. The van der Waals surface area contributed by atoms with Crippen molar-refractivity contribution in [2.45, 2.75) is 26.7 Å². The second kappa shape index (κ2) is 8.54. The number of nitrogens with zero attached hydrogens (tertiary/aromatic N) is 3. The molecule has 3 aromatic rings. The van der Waals surface area contributed by atoms with Crippen molar-refractivity contribution in [3.8, 4) is 5.75 Å². The molecule has 2 aliphatic heterocycles. The number of aromatic nitrogens is 2. The maximum absolute atomic E-state index is 13.0. The van der Waals surface area contributed by atoms with Crippen LogP contribution in [0.15, 0.2) is 42.7 Å². The van der Waals surface area contributed by atoms with E-state index in [2.05, 4.69) is 20.6 Å². The standard InChI is InChI=1S/C25H25N5O3/c1-3-30-22-19(25(32)29-21-15(2)7-10-26-23(21)30)13-16(14-28-22)9-12-33-20-6-4-5-18-17(20)8-11-27-24(18)31/h4-7,10,13-14H,3,8-9,11-12H2,1-2H3,(H,27,31)(H,29,32). The lowest BCUT2D eigenvalue weighted by atomic mass is 9.99. The smallest absolute Gasteiger partial charge is 0.259 e. The van der Waals surface area contributed by atoms with Crippen molar-refractivity contribution < 1.29 is 14.3 Å². The number of rotatable bonds is 5. The quantitative estimate of drug-likeness (QED) is 0.627. The summed E-state index contributed by atoms with van der Waals surface area (Å²) >= 11 is 0. The van der Waals surface area contributed by atoms with Gasteiger partial charge in [-0.1, -0.05) is 6.07 Å². The Morgan fingerprint density at radius 3 is 2.82 bits per heavy atom. The van der Waals surface area contributed by atoms with Gasteiger partial charge in [0.15, 0.2) is 5.82 Å². The third-order valence-corrected chi connectivity index (χ3v) is 6.06. The summed E-state index contributed by atoms with van der Waals surface area (Å²) in [5.74, 6) is 1.77. The van der Waals surface area contributed by atoms with Gasteiger partial charge in [0.1, 0.15) is 11.6 Å². The molecule has 2 aromatic heterocycles. The number of hydrogen-bond acceptors (Lipinski definition) is 6. The van der Waals surface area contributed by atoms with Crippen LogP contribution in [0, 0.1) is 6.92 Å². The summed E-state index contributed by atoms with van der Waals surface area (Å²) in [6, 6.07) is 9.30. The molecular formula is C25H25N5O3. The lowest BCUT2D eigenvalue weighted by Crippen LogP contribution is -2.32. The molecule has 0 bridgehead atoms. The van der Waals surface area contributed by atoms with Crippen LogP contribution in [-0.2, 0) is 12.8 Å². The average molecular weight is 444 g/mol. The predicted octanol–water partition coefficient (Wildman–Crippen LogP) is 3.42. The minimum absolute atomic E-state index is 0.0612. The largest absolute Gasteiger partial charge is 0.493 e. The van der Waals surface area contributed by atoms with E-state index < -0.39 is 0 Å². The van der Waals surface area contributed by atoms with Crippen molar-refractivity contribution in [1.82, 2.24) is 15.3 Å². The second-order valence-electron chi connectivity index (χ2n) is 8.13. The Morgan fingerprint density at radius 2 is 1.97 bits per heavy atom. The summed E-state index contributed by atoms with van der Waals surface area (Å²) in [6.45, 7) is 5.62. The summed E-state index contributed by atoms with van der Waals surface area (Å²) in [5.41, 5.74) is 4.70. The summed E-state index contributed by atoms with van der Waals surface area (Å²) in [6.07, 6.45) is 4.86. The molecule has 0 aliphatic carbocycles. The number of anilines is 3. The molecule has 168 valence electrons. The topological polar surface area (TPSA) is 96.5 Å². The van der Waals surface area contributed by atoms with E-state index in [0.29, 0.717) is 54.6 Å². The van der Waals surface area contributed by atoms with Crippen molar-refractivity contribution in [3.05, 3.63) is 70.5 Å². The molecule has 0 radical (unpaired) electrons. The first kappa shape index (κ1) is 20.9. The zero-order chi connectivity index (χ0) is 22.9. The van der Waals surface area contributed by atoms with Crippen molar-refractivity contribution in [2.75, 3.05) is 29.9 Å². The van der Waals surface area contributed by atoms with E-state index in [0.717, 1.165) is 28.9 Å². The van der Waals surface area contributed by atoms with Gasteiger partial charge in [0, 0.05) is 43.0 Å². The molecular weight excluding hydrogens is 418 g/mol. The van der Waals surface area contributed by atoms with E-state index >= 15 is 0 Å². The molecule has 5 rings (SSSR count). The number of pyridine rings is 2. The number of carbonyl (C=O) groups is 2. The Balaban J connectivity index is 1.37. The number of ether oxygens (including phenoxy) is 1. The lowest BCUT2D eigenvalue weighted by Gasteiger charge is -2.22. The van der Waals surface area contributed by atoms with Gasteiger partial charge in [-0.25, -0.2) is 9.97 Å². The molecule has 0 unspecified atom stereocenters. The molecule has 0 saturated carbocycles. The monoisotopic (exact) mass is 443 g/mol. The molecule has 1 aromatic carbocycles. The Labute approximate surface area is 192 Å². The molecule has 8 heteroatoms. The van der Waals surface area contributed by atoms with Crippen LogP contribution in [0.25, 0.3) is 0 Å². The minimum Gasteiger partial charge on any atom is -0.493 e. The molecule has 0 atom stereocenters. The first-order valence-corrected chi connectivity index (χ1v) is 11.1. The Hall–Kier alpha value is -3.94. The first-order valence-electron chi connectivity index (χ1n) is 11.1. The Morgan fingerprint density at radius 1 is 1.09 bits per heavy atom. The van der Waals surface area contributed by atoms with Crippen molar-refractivity contribution >= 4 is 29.1 Å². The van der Waals surface area contributed by atoms with E-state index in [9.17, 15) is 9.59 Å². The SMILES string of the molecule is CCN1c2ncc(CCOc3cccc4c3CCNC4=O)cc2C(=O)Nc2c(C)ccnc21. The van der Waals surface area contributed by atoms with Crippen LogP contribution < -0.4 is 20.3 Å². The highest BCUT2D eigenvalue weighted by molar-refractivity contribution is 6.11. The number of carbonyl (C=O) groups excluding carboxylic acids is 2. The third kappa shape index (κ3) is 3.77. The van der Waals surface area contributed by atoms with Gasteiger partial charge < -0.3 is 20.3 Å². The summed E-state index contributed by atoms with van der Waals surface area (Å²) in [5, 5.41) is 5.86. The van der Waals surface area contributed by atoms with Gasteiger partial charge in [0.25, 0.3) is 11.8 Å². The fraction of sp³-hybridized carbons (Fsp3) is 0.280. The molecule has 0 spiro atoms. The van der Waals surface area contributed by atoms with Crippen LogP contribution in [0.2, 0.25) is 0 Å². The summed E-state index contributed by atoms with van der Waals surface area (Å²) in [4.78, 5) is 36.2. The average Bonchev–Trinajstić information content (AvgIpc) is 2.94. The van der Waals surface area contributed by atoms with Crippen LogP contribution in [0.1, 0.15) is 44.3 Å². The number of benzene rings is 1. The first-order chi connectivity index (χ1) is 16.1. The van der Waals surface area contributed by atoms with Gasteiger partial charge in [-0.05, 0) is 55.7 Å². The van der Waals surface area contributed by atoms with E-state index in [-0.39, 0.29) is 11.8 Å². The molecule has 33 heavy (non-hydrogen) atoms. The molecule has 4 heterocycles. The van der Waals surface area contributed by atoms with Crippen molar-refractivity contribution in [3.63, 3.8) is 0 Å². The van der Waals surface area contributed by atoms with E-state index in [1.165, 1.54) is 0 Å². The van der Waals surface area contributed by atoms with Gasteiger partial charge in [-0.3, -0.25) is 9.59 Å². The zero-order valence-electron chi connectivity index (χ0n) is 18.6. The minimum atomic E-state index is -0.197. The van der Waals surface area contributed by atoms with Crippen LogP contribution in [0.4, 0.5) is 17.3 Å². The van der Waals surface area contributed by atoms with E-state index in [1.54, 1.807) is 12.4 Å². The van der Waals surface area contributed by atoms with Gasteiger partial charge in [0.2, 0.25) is 0 Å². The highest BCUT2D eigenvalue weighted by atomic mass is 16.5. The Kier molecular flexibility index (Phi) is 5.42. The maximum atomic E-state index is 13.0. The number of hydrogen-bond donors (Lipinski definition) is 2. The van der Waals surface area contributed by atoms with E-state index in [4.69, 9.17) is 4.74 Å². The van der Waals surface area contributed by atoms with Gasteiger partial charge in [-0.15, -0.1) is 0 Å². The van der Waals surface area contributed by atoms with Crippen LogP contribution >= 0.6 is 0 Å². The van der Waals surface area contributed by atoms with Gasteiger partial charge >= 0.3 is 0 Å². The molecule has 2 amide bonds. The van der Waals surface area contributed by atoms with Crippen LogP contribution in [0.5, 0.6) is 5.75 Å². The molecule has 8 nitrogen and oxygen atoms in total. The van der Waals surface area contributed by atoms with Crippen molar-refractivity contribution in [2.24, 2.45) is 0 Å². The van der Waals surface area contributed by atoms with Crippen LogP contribution in [-0.4, -0.2) is 41.5 Å². The summed E-state index contributed by atoms with van der Waals surface area (Å²) < 4.78 is 6.03. The Bertz CT molecular complexity index is 1260. The van der Waals surface area contributed by atoms with Gasteiger partial charge in [-0.2, -0.15) is 0 Å². The molecule has 2 aliphatic rings. The highest BCUT2D eigenvalue weighted by Gasteiger charge is 2.28. The second-order valence-corrected chi connectivity index (χ2v) is 8.13. The molecule has 0 saturated heterocycles.